The third-order valence-corrected chi connectivity index (χ3v) is 5.43. The number of aromatic nitrogens is 3. The highest BCUT2D eigenvalue weighted by molar-refractivity contribution is 7.99. The van der Waals surface area contributed by atoms with Crippen molar-refractivity contribution in [2.45, 2.75) is 18.6 Å². The van der Waals surface area contributed by atoms with E-state index in [0.29, 0.717) is 24.0 Å². The Bertz CT molecular complexity index is 983. The molecule has 4 rings (SSSR count). The summed E-state index contributed by atoms with van der Waals surface area (Å²) in [6, 6.07) is 11.4. The quantitative estimate of drug-likeness (QED) is 0.486. The molecule has 28 heavy (non-hydrogen) atoms. The number of carbonyl (C=O) groups excluding carboxylic acids is 2. The number of furan rings is 1. The Hall–Kier alpha value is -3.07. The predicted octanol–water partition coefficient (Wildman–Crippen LogP) is 2.54. The molecule has 0 unspecified atom stereocenters. The number of carbonyl (C=O) groups is 2. The Morgan fingerprint density at radius 2 is 2.04 bits per heavy atom. The molecule has 1 aliphatic rings. The van der Waals surface area contributed by atoms with Gasteiger partial charge in [-0.15, -0.1) is 10.2 Å². The van der Waals surface area contributed by atoms with E-state index in [1.165, 1.54) is 16.7 Å². The van der Waals surface area contributed by atoms with Crippen molar-refractivity contribution in [2.75, 3.05) is 18.8 Å². The third-order valence-electron chi connectivity index (χ3n) is 4.48. The number of nitrogens with zero attached hydrogens (tertiary/aromatic N) is 4. The molecule has 8 nitrogen and oxygen atoms in total. The Morgan fingerprint density at radius 3 is 2.75 bits per heavy atom. The van der Waals surface area contributed by atoms with E-state index >= 15 is 0 Å². The summed E-state index contributed by atoms with van der Waals surface area (Å²) in [5.74, 6) is 1.88. The van der Waals surface area contributed by atoms with E-state index < -0.39 is 0 Å². The molecule has 3 aromatic rings. The minimum absolute atomic E-state index is 0.0651. The van der Waals surface area contributed by atoms with Gasteiger partial charge in [0.2, 0.25) is 5.91 Å². The molecule has 0 spiro atoms. The third kappa shape index (κ3) is 3.65. The highest BCUT2D eigenvalue weighted by Gasteiger charge is 2.28. The summed E-state index contributed by atoms with van der Waals surface area (Å²) < 4.78 is 7.50. The summed E-state index contributed by atoms with van der Waals surface area (Å²) in [6.45, 7) is 2.92. The Morgan fingerprint density at radius 1 is 1.18 bits per heavy atom. The smallest absolute Gasteiger partial charge is 0.324 e. The Kier molecular flexibility index (Phi) is 5.16. The van der Waals surface area contributed by atoms with Crippen molar-refractivity contribution in [3.05, 3.63) is 54.0 Å². The molecule has 1 fully saturated rings. The second-order valence-corrected chi connectivity index (χ2v) is 7.40. The average Bonchev–Trinajstić information content (AvgIpc) is 3.41. The minimum Gasteiger partial charge on any atom is -0.467 e. The van der Waals surface area contributed by atoms with Crippen LogP contribution in [0.4, 0.5) is 4.79 Å². The lowest BCUT2D eigenvalue weighted by Crippen LogP contribution is -2.32. The van der Waals surface area contributed by atoms with Gasteiger partial charge in [0.15, 0.2) is 11.0 Å². The van der Waals surface area contributed by atoms with Crippen LogP contribution in [0, 0.1) is 6.92 Å². The van der Waals surface area contributed by atoms with Crippen LogP contribution in [0.5, 0.6) is 0 Å². The van der Waals surface area contributed by atoms with Gasteiger partial charge in [-0.3, -0.25) is 14.3 Å². The Balaban J connectivity index is 1.57. The summed E-state index contributed by atoms with van der Waals surface area (Å²) in [7, 11) is 0. The van der Waals surface area contributed by atoms with Crippen molar-refractivity contribution in [2.24, 2.45) is 0 Å². The molecular weight excluding hydrogens is 378 g/mol. The van der Waals surface area contributed by atoms with Crippen molar-refractivity contribution in [3.8, 4) is 11.4 Å². The second-order valence-electron chi connectivity index (χ2n) is 6.34. The molecule has 144 valence electrons. The van der Waals surface area contributed by atoms with Crippen molar-refractivity contribution < 1.29 is 14.0 Å². The molecule has 0 atom stereocenters. The molecule has 3 heterocycles. The van der Waals surface area contributed by atoms with Crippen LogP contribution >= 0.6 is 11.8 Å². The van der Waals surface area contributed by atoms with Crippen LogP contribution in [0.2, 0.25) is 0 Å². The van der Waals surface area contributed by atoms with Gasteiger partial charge in [-0.25, -0.2) is 4.79 Å². The SMILES string of the molecule is Cc1ccccc1-c1nnc(SCCN2C(=O)CNC2=O)n1Cc1ccco1. The number of aryl methyl sites for hydroxylation is 1. The summed E-state index contributed by atoms with van der Waals surface area (Å²) in [5, 5.41) is 12.0. The topological polar surface area (TPSA) is 93.3 Å². The largest absolute Gasteiger partial charge is 0.467 e. The fraction of sp³-hybridized carbons (Fsp3) is 0.263. The molecule has 2 aromatic heterocycles. The maximum atomic E-state index is 11.7. The first-order chi connectivity index (χ1) is 13.6. The number of rotatable bonds is 7. The van der Waals surface area contributed by atoms with Crippen molar-refractivity contribution in [3.63, 3.8) is 0 Å². The fourth-order valence-corrected chi connectivity index (χ4v) is 3.89. The van der Waals surface area contributed by atoms with Gasteiger partial charge in [0.05, 0.1) is 19.4 Å². The van der Waals surface area contributed by atoms with E-state index in [2.05, 4.69) is 15.5 Å². The van der Waals surface area contributed by atoms with E-state index in [-0.39, 0.29) is 18.5 Å². The van der Waals surface area contributed by atoms with Crippen LogP contribution < -0.4 is 5.32 Å². The molecule has 1 N–H and O–H groups in total. The van der Waals surface area contributed by atoms with Gasteiger partial charge >= 0.3 is 6.03 Å². The van der Waals surface area contributed by atoms with Gasteiger partial charge < -0.3 is 9.73 Å². The monoisotopic (exact) mass is 397 g/mol. The number of imide groups is 1. The van der Waals surface area contributed by atoms with Crippen LogP contribution in [0.1, 0.15) is 11.3 Å². The van der Waals surface area contributed by atoms with Crippen LogP contribution in [-0.4, -0.2) is 50.4 Å². The molecule has 1 aromatic carbocycles. The zero-order valence-electron chi connectivity index (χ0n) is 15.3. The standard InChI is InChI=1S/C19H19N5O3S/c1-13-5-2-3-7-15(13)17-21-22-19(24(17)12-14-6-4-9-27-14)28-10-8-23-16(25)11-20-18(23)26/h2-7,9H,8,10-12H2,1H3,(H,20,26). The summed E-state index contributed by atoms with van der Waals surface area (Å²) >= 11 is 1.45. The van der Waals surface area contributed by atoms with Gasteiger partial charge in [-0.2, -0.15) is 0 Å². The molecule has 0 bridgehead atoms. The van der Waals surface area contributed by atoms with E-state index in [4.69, 9.17) is 4.42 Å². The van der Waals surface area contributed by atoms with E-state index in [0.717, 1.165) is 22.7 Å². The number of benzene rings is 1. The van der Waals surface area contributed by atoms with E-state index in [1.807, 2.05) is 47.9 Å². The van der Waals surface area contributed by atoms with E-state index in [1.54, 1.807) is 6.26 Å². The molecule has 1 aliphatic heterocycles. The number of amides is 3. The second kappa shape index (κ2) is 7.89. The summed E-state index contributed by atoms with van der Waals surface area (Å²) in [4.78, 5) is 24.6. The Labute approximate surface area is 165 Å². The zero-order valence-corrected chi connectivity index (χ0v) is 16.1. The predicted molar refractivity (Wildman–Crippen MR) is 104 cm³/mol. The van der Waals surface area contributed by atoms with Crippen molar-refractivity contribution >= 4 is 23.7 Å². The lowest BCUT2D eigenvalue weighted by molar-refractivity contribution is -0.124. The maximum absolute atomic E-state index is 11.7. The molecular formula is C19H19N5O3S. The van der Waals surface area contributed by atoms with Gasteiger partial charge in [-0.05, 0) is 24.6 Å². The van der Waals surface area contributed by atoms with Crippen molar-refractivity contribution in [1.82, 2.24) is 25.0 Å². The van der Waals surface area contributed by atoms with Crippen LogP contribution in [0.25, 0.3) is 11.4 Å². The summed E-state index contributed by atoms with van der Waals surface area (Å²) in [5.41, 5.74) is 2.11. The van der Waals surface area contributed by atoms with Crippen LogP contribution in [0.3, 0.4) is 0 Å². The molecule has 9 heteroatoms. The number of nitrogens with one attached hydrogen (secondary N) is 1. The number of urea groups is 1. The summed E-state index contributed by atoms with van der Waals surface area (Å²) in [6.07, 6.45) is 1.64. The van der Waals surface area contributed by atoms with Gasteiger partial charge in [0.1, 0.15) is 5.76 Å². The minimum atomic E-state index is -0.344. The average molecular weight is 397 g/mol. The molecule has 1 saturated heterocycles. The fourth-order valence-electron chi connectivity index (χ4n) is 3.03. The van der Waals surface area contributed by atoms with Gasteiger partial charge in [-0.1, -0.05) is 36.0 Å². The van der Waals surface area contributed by atoms with Crippen LogP contribution in [0.15, 0.2) is 52.2 Å². The highest BCUT2D eigenvalue weighted by atomic mass is 32.2. The molecule has 3 amide bonds. The number of thioether (sulfide) groups is 1. The molecule has 0 saturated carbocycles. The molecule has 0 radical (unpaired) electrons. The normalized spacial score (nSPS) is 14.0. The maximum Gasteiger partial charge on any atom is 0.324 e. The van der Waals surface area contributed by atoms with E-state index in [9.17, 15) is 9.59 Å². The van der Waals surface area contributed by atoms with Gasteiger partial charge in [0, 0.05) is 17.9 Å². The first-order valence-electron chi connectivity index (χ1n) is 8.86. The zero-order chi connectivity index (χ0) is 19.5. The van der Waals surface area contributed by atoms with Crippen LogP contribution in [-0.2, 0) is 11.3 Å². The first kappa shape index (κ1) is 18.3. The van der Waals surface area contributed by atoms with Gasteiger partial charge in [0.25, 0.3) is 0 Å². The molecule has 0 aliphatic carbocycles. The number of hydrogen-bond donors (Lipinski definition) is 1. The lowest BCUT2D eigenvalue weighted by atomic mass is 10.1. The highest BCUT2D eigenvalue weighted by Crippen LogP contribution is 2.27. The van der Waals surface area contributed by atoms with Crippen molar-refractivity contribution in [1.29, 1.82) is 0 Å². The number of hydrogen-bond acceptors (Lipinski definition) is 6. The lowest BCUT2D eigenvalue weighted by Gasteiger charge is -2.13. The first-order valence-corrected chi connectivity index (χ1v) is 9.84.